The van der Waals surface area contributed by atoms with Gasteiger partial charge in [0.15, 0.2) is 0 Å². The quantitative estimate of drug-likeness (QED) is 0.335. The van der Waals surface area contributed by atoms with Crippen molar-refractivity contribution in [3.63, 3.8) is 0 Å². The fourth-order valence-electron chi connectivity index (χ4n) is 3.44. The molecule has 0 saturated heterocycles. The van der Waals surface area contributed by atoms with E-state index in [1.807, 2.05) is 41.8 Å². The molecule has 0 spiro atoms. The molecule has 3 heterocycles. The molecule has 1 aliphatic rings. The second kappa shape index (κ2) is 7.50. The van der Waals surface area contributed by atoms with Gasteiger partial charge in [-0.05, 0) is 31.9 Å². The highest BCUT2D eigenvalue weighted by Gasteiger charge is 2.31. The number of ether oxygens (including phenoxy) is 1. The van der Waals surface area contributed by atoms with Gasteiger partial charge >= 0.3 is 5.69 Å². The van der Waals surface area contributed by atoms with E-state index in [0.717, 1.165) is 38.6 Å². The number of hydrogen-bond acceptors (Lipinski definition) is 5. The zero-order valence-electron chi connectivity index (χ0n) is 16.4. The molecule has 146 valence electrons. The first-order valence-electron chi connectivity index (χ1n) is 9.34. The van der Waals surface area contributed by atoms with Crippen molar-refractivity contribution >= 4 is 33.3 Å². The Balaban J connectivity index is 1.90. The lowest BCUT2D eigenvalue weighted by Crippen LogP contribution is -2.31. The molecule has 0 amide bonds. The highest BCUT2D eigenvalue weighted by Crippen LogP contribution is 2.42. The van der Waals surface area contributed by atoms with Gasteiger partial charge in [-0.3, -0.25) is 4.57 Å². The predicted molar refractivity (Wildman–Crippen MR) is 118 cm³/mol. The van der Waals surface area contributed by atoms with Crippen LogP contribution in [0.4, 0.5) is 0 Å². The molecule has 1 aromatic carbocycles. The van der Waals surface area contributed by atoms with E-state index in [1.165, 1.54) is 10.4 Å². The third kappa shape index (κ3) is 3.81. The van der Waals surface area contributed by atoms with Gasteiger partial charge in [-0.15, -0.1) is 23.1 Å². The summed E-state index contributed by atoms with van der Waals surface area (Å²) in [7, 11) is 0. The number of thioether (sulfide) groups is 1. The first-order valence-corrected chi connectivity index (χ1v) is 11.1. The minimum atomic E-state index is -0.211. The number of fused-ring (bicyclic) bond motifs is 3. The molecule has 28 heavy (non-hydrogen) atoms. The molecule has 0 bridgehead atoms. The van der Waals surface area contributed by atoms with Crippen LogP contribution in [0.1, 0.15) is 36.8 Å². The highest BCUT2D eigenvalue weighted by molar-refractivity contribution is 7.99. The maximum absolute atomic E-state index is 12.9. The van der Waals surface area contributed by atoms with Crippen LogP contribution in [-0.4, -0.2) is 20.9 Å². The topological polar surface area (TPSA) is 44.1 Å². The Bertz CT molecular complexity index is 1100. The summed E-state index contributed by atoms with van der Waals surface area (Å²) in [5.41, 5.74) is 3.05. The Morgan fingerprint density at radius 3 is 2.82 bits per heavy atom. The first-order chi connectivity index (χ1) is 13.3. The predicted octanol–water partition coefficient (Wildman–Crippen LogP) is 5.03. The van der Waals surface area contributed by atoms with Crippen LogP contribution in [0, 0.1) is 0 Å². The Labute approximate surface area is 173 Å². The van der Waals surface area contributed by atoms with Crippen LogP contribution in [0.25, 0.3) is 10.2 Å². The van der Waals surface area contributed by atoms with E-state index in [9.17, 15) is 4.79 Å². The summed E-state index contributed by atoms with van der Waals surface area (Å²) in [5.74, 6) is 0.759. The number of nitrogens with zero attached hydrogens (tertiary/aromatic N) is 2. The van der Waals surface area contributed by atoms with Crippen molar-refractivity contribution in [2.24, 2.45) is 0 Å². The molecule has 0 atom stereocenters. The van der Waals surface area contributed by atoms with Crippen molar-refractivity contribution in [1.29, 1.82) is 0 Å². The van der Waals surface area contributed by atoms with Crippen molar-refractivity contribution in [3.05, 3.63) is 69.0 Å². The molecule has 0 saturated carbocycles. The summed E-state index contributed by atoms with van der Waals surface area (Å²) < 4.78 is 7.84. The zero-order valence-corrected chi connectivity index (χ0v) is 18.1. The normalized spacial score (nSPS) is 15.5. The summed E-state index contributed by atoms with van der Waals surface area (Å²) in [4.78, 5) is 19.6. The van der Waals surface area contributed by atoms with Gasteiger partial charge in [-0.1, -0.05) is 42.5 Å². The SMILES string of the molecule is C=C(C)CSc1nc(=O)n(Cc2ccccc2)c2sc3c(c12)CC(C)(C)OC3. The molecule has 1 aliphatic heterocycles. The van der Waals surface area contributed by atoms with Crippen molar-refractivity contribution in [1.82, 2.24) is 9.55 Å². The second-order valence-corrected chi connectivity index (χ2v) is 9.97. The standard InChI is InChI=1S/C22H24N2O2S2/c1-14(2)13-27-19-18-16-10-22(3,4)26-12-17(16)28-20(18)24(21(25)23-19)11-15-8-6-5-7-9-15/h5-9H,1,10-13H2,2-4H3. The third-order valence-electron chi connectivity index (χ3n) is 4.79. The summed E-state index contributed by atoms with van der Waals surface area (Å²) in [6.45, 7) is 11.3. The first kappa shape index (κ1) is 19.4. The van der Waals surface area contributed by atoms with Gasteiger partial charge in [0.2, 0.25) is 0 Å². The third-order valence-corrected chi connectivity index (χ3v) is 7.23. The minimum Gasteiger partial charge on any atom is -0.370 e. The van der Waals surface area contributed by atoms with Crippen LogP contribution in [0.5, 0.6) is 0 Å². The van der Waals surface area contributed by atoms with Crippen LogP contribution in [0.2, 0.25) is 0 Å². The Kier molecular flexibility index (Phi) is 5.21. The van der Waals surface area contributed by atoms with Crippen molar-refractivity contribution < 1.29 is 4.74 Å². The molecule has 4 rings (SSSR count). The van der Waals surface area contributed by atoms with Crippen LogP contribution in [-0.2, 0) is 24.3 Å². The van der Waals surface area contributed by atoms with Gasteiger partial charge in [-0.25, -0.2) is 4.79 Å². The van der Waals surface area contributed by atoms with Gasteiger partial charge in [-0.2, -0.15) is 4.98 Å². The monoisotopic (exact) mass is 412 g/mol. The summed E-state index contributed by atoms with van der Waals surface area (Å²) in [5, 5.41) is 1.95. The maximum atomic E-state index is 12.9. The lowest BCUT2D eigenvalue weighted by Gasteiger charge is -2.30. The molecule has 0 N–H and O–H groups in total. The molecule has 3 aromatic rings. The summed E-state index contributed by atoms with van der Waals surface area (Å²) >= 11 is 3.28. The van der Waals surface area contributed by atoms with E-state index >= 15 is 0 Å². The lowest BCUT2D eigenvalue weighted by atomic mass is 9.94. The molecule has 4 nitrogen and oxygen atoms in total. The minimum absolute atomic E-state index is 0.195. The van der Waals surface area contributed by atoms with Crippen molar-refractivity contribution in [2.45, 2.75) is 51.0 Å². The number of rotatable bonds is 5. The molecule has 0 aliphatic carbocycles. The molecular weight excluding hydrogens is 388 g/mol. The molecule has 0 fully saturated rings. The summed E-state index contributed by atoms with van der Waals surface area (Å²) in [6.07, 6.45) is 0.828. The van der Waals surface area contributed by atoms with Crippen molar-refractivity contribution in [3.8, 4) is 0 Å². The summed E-state index contributed by atoms with van der Waals surface area (Å²) in [6, 6.07) is 10.1. The number of hydrogen-bond donors (Lipinski definition) is 0. The Morgan fingerprint density at radius 2 is 2.11 bits per heavy atom. The van der Waals surface area contributed by atoms with E-state index in [2.05, 4.69) is 25.4 Å². The van der Waals surface area contributed by atoms with Crippen molar-refractivity contribution in [2.75, 3.05) is 5.75 Å². The second-order valence-electron chi connectivity index (χ2n) is 7.93. The van der Waals surface area contributed by atoms with E-state index in [4.69, 9.17) is 4.74 Å². The smallest absolute Gasteiger partial charge is 0.350 e. The van der Waals surface area contributed by atoms with E-state index < -0.39 is 0 Å². The molecule has 0 unspecified atom stereocenters. The average molecular weight is 413 g/mol. The highest BCUT2D eigenvalue weighted by atomic mass is 32.2. The zero-order chi connectivity index (χ0) is 19.9. The van der Waals surface area contributed by atoms with Gasteiger partial charge in [0.25, 0.3) is 0 Å². The van der Waals surface area contributed by atoms with Crippen LogP contribution in [0.3, 0.4) is 0 Å². The van der Waals surface area contributed by atoms with E-state index in [-0.39, 0.29) is 11.3 Å². The maximum Gasteiger partial charge on any atom is 0.350 e. The lowest BCUT2D eigenvalue weighted by molar-refractivity contribution is -0.0379. The van der Waals surface area contributed by atoms with E-state index in [0.29, 0.717) is 13.2 Å². The van der Waals surface area contributed by atoms with Gasteiger partial charge in [0.05, 0.1) is 18.8 Å². The Hall–Kier alpha value is -1.89. The molecule has 6 heteroatoms. The molecule has 2 aromatic heterocycles. The largest absolute Gasteiger partial charge is 0.370 e. The fourth-order valence-corrected chi connectivity index (χ4v) is 5.62. The van der Waals surface area contributed by atoms with Gasteiger partial charge in [0.1, 0.15) is 9.86 Å². The van der Waals surface area contributed by atoms with Gasteiger partial charge < -0.3 is 4.74 Å². The number of aromatic nitrogens is 2. The Morgan fingerprint density at radius 1 is 1.36 bits per heavy atom. The van der Waals surface area contributed by atoms with Crippen LogP contribution < -0.4 is 5.69 Å². The number of thiophene rings is 1. The average Bonchev–Trinajstić information content (AvgIpc) is 3.01. The van der Waals surface area contributed by atoms with Crippen LogP contribution >= 0.6 is 23.1 Å². The fraction of sp³-hybridized carbons (Fsp3) is 0.364. The van der Waals surface area contributed by atoms with Crippen LogP contribution in [0.15, 0.2) is 52.3 Å². The molecule has 0 radical (unpaired) electrons. The van der Waals surface area contributed by atoms with Gasteiger partial charge in [0, 0.05) is 22.4 Å². The van der Waals surface area contributed by atoms with E-state index in [1.54, 1.807) is 23.1 Å². The molecular formula is C22H24N2O2S2. The number of benzene rings is 1.